The molecule has 1 N–H and O–H groups in total. The highest BCUT2D eigenvalue weighted by Crippen LogP contribution is 2.28. The molecular formula is C15H14N4. The van der Waals surface area contributed by atoms with Gasteiger partial charge < -0.3 is 9.88 Å². The molecule has 1 aliphatic heterocycles. The average Bonchev–Trinajstić information content (AvgIpc) is 2.90. The molecule has 0 bridgehead atoms. The fraction of sp³-hybridized carbons (Fsp3) is 0.200. The van der Waals surface area contributed by atoms with Crippen LogP contribution in [0.5, 0.6) is 0 Å². The number of benzene rings is 2. The summed E-state index contributed by atoms with van der Waals surface area (Å²) in [7, 11) is 0. The molecule has 3 aromatic rings. The number of hydrogen-bond acceptors (Lipinski definition) is 3. The Morgan fingerprint density at radius 2 is 1.89 bits per heavy atom. The third-order valence-corrected chi connectivity index (χ3v) is 3.65. The lowest BCUT2D eigenvalue weighted by molar-refractivity contribution is 0.508. The predicted octanol–water partition coefficient (Wildman–Crippen LogP) is 2.20. The Hall–Kier alpha value is -2.20. The summed E-state index contributed by atoms with van der Waals surface area (Å²) in [6.07, 6.45) is 0. The number of rotatable bonds is 1. The van der Waals surface area contributed by atoms with Crippen molar-refractivity contribution in [3.05, 3.63) is 48.3 Å². The fourth-order valence-electron chi connectivity index (χ4n) is 2.71. The van der Waals surface area contributed by atoms with Gasteiger partial charge in [-0.15, -0.1) is 10.2 Å². The van der Waals surface area contributed by atoms with E-state index in [0.717, 1.165) is 31.3 Å². The van der Waals surface area contributed by atoms with Crippen LogP contribution < -0.4 is 5.32 Å². The molecule has 2 heterocycles. The van der Waals surface area contributed by atoms with Crippen LogP contribution in [0.3, 0.4) is 0 Å². The molecule has 1 aliphatic rings. The lowest BCUT2D eigenvalue weighted by Gasteiger charge is -2.16. The zero-order valence-corrected chi connectivity index (χ0v) is 10.5. The van der Waals surface area contributed by atoms with Crippen molar-refractivity contribution in [3.63, 3.8) is 0 Å². The topological polar surface area (TPSA) is 42.7 Å². The van der Waals surface area contributed by atoms with Gasteiger partial charge in [0.2, 0.25) is 0 Å². The van der Waals surface area contributed by atoms with Crippen LogP contribution in [-0.2, 0) is 13.1 Å². The summed E-state index contributed by atoms with van der Waals surface area (Å²) in [5.41, 5.74) is 1.17. The highest BCUT2D eigenvalue weighted by atomic mass is 15.3. The van der Waals surface area contributed by atoms with Gasteiger partial charge in [0.1, 0.15) is 5.82 Å². The average molecular weight is 250 g/mol. The lowest BCUT2D eigenvalue weighted by atomic mass is 10.0. The number of nitrogens with one attached hydrogen (secondary N) is 1. The van der Waals surface area contributed by atoms with Crippen LogP contribution >= 0.6 is 0 Å². The Bertz CT molecular complexity index is 739. The van der Waals surface area contributed by atoms with E-state index < -0.39 is 0 Å². The second-order valence-corrected chi connectivity index (χ2v) is 4.79. The maximum atomic E-state index is 4.39. The van der Waals surface area contributed by atoms with Crippen molar-refractivity contribution in [2.24, 2.45) is 0 Å². The van der Waals surface area contributed by atoms with E-state index in [1.807, 2.05) is 0 Å². The van der Waals surface area contributed by atoms with Crippen molar-refractivity contribution in [1.82, 2.24) is 20.1 Å². The zero-order chi connectivity index (χ0) is 12.7. The molecule has 0 saturated carbocycles. The van der Waals surface area contributed by atoms with E-state index in [2.05, 4.69) is 62.5 Å². The van der Waals surface area contributed by atoms with Crippen LogP contribution in [-0.4, -0.2) is 21.3 Å². The molecule has 0 radical (unpaired) electrons. The molecule has 0 amide bonds. The predicted molar refractivity (Wildman–Crippen MR) is 74.7 cm³/mol. The standard InChI is InChI=1S/C15H14N4/c1-2-6-12-11(4-1)5-3-7-13(12)15-18-17-14-10-16-8-9-19(14)15/h1-7,16H,8-10H2. The van der Waals surface area contributed by atoms with Crippen molar-refractivity contribution in [1.29, 1.82) is 0 Å². The first-order valence-electron chi connectivity index (χ1n) is 6.54. The van der Waals surface area contributed by atoms with Crippen LogP contribution in [0.4, 0.5) is 0 Å². The van der Waals surface area contributed by atoms with E-state index in [0.29, 0.717) is 0 Å². The molecule has 0 saturated heterocycles. The van der Waals surface area contributed by atoms with Crippen LogP contribution in [0.2, 0.25) is 0 Å². The van der Waals surface area contributed by atoms with Crippen molar-refractivity contribution < 1.29 is 0 Å². The van der Waals surface area contributed by atoms with Gasteiger partial charge in [-0.2, -0.15) is 0 Å². The van der Waals surface area contributed by atoms with Gasteiger partial charge in [-0.05, 0) is 10.8 Å². The SMILES string of the molecule is c1ccc2c(-c3nnc4n3CCNC4)cccc2c1. The molecule has 0 unspecified atom stereocenters. The maximum absolute atomic E-state index is 4.39. The molecule has 0 spiro atoms. The molecule has 94 valence electrons. The molecule has 0 atom stereocenters. The van der Waals surface area contributed by atoms with Crippen molar-refractivity contribution in [2.45, 2.75) is 13.1 Å². The number of aromatic nitrogens is 3. The summed E-state index contributed by atoms with van der Waals surface area (Å²) in [5, 5.41) is 14.5. The maximum Gasteiger partial charge on any atom is 0.164 e. The van der Waals surface area contributed by atoms with E-state index in [-0.39, 0.29) is 0 Å². The third-order valence-electron chi connectivity index (χ3n) is 3.65. The number of nitrogens with zero attached hydrogens (tertiary/aromatic N) is 3. The molecule has 0 aliphatic carbocycles. The Morgan fingerprint density at radius 1 is 1.00 bits per heavy atom. The van der Waals surface area contributed by atoms with E-state index in [9.17, 15) is 0 Å². The number of hydrogen-bond donors (Lipinski definition) is 1. The Kier molecular flexibility index (Phi) is 2.35. The molecule has 4 heteroatoms. The second kappa shape index (κ2) is 4.17. The summed E-state index contributed by atoms with van der Waals surface area (Å²) in [4.78, 5) is 0. The molecule has 4 nitrogen and oxygen atoms in total. The van der Waals surface area contributed by atoms with E-state index in [1.165, 1.54) is 16.3 Å². The highest BCUT2D eigenvalue weighted by Gasteiger charge is 2.17. The van der Waals surface area contributed by atoms with Gasteiger partial charge in [0.05, 0.1) is 6.54 Å². The second-order valence-electron chi connectivity index (χ2n) is 4.79. The van der Waals surface area contributed by atoms with Gasteiger partial charge in [-0.25, -0.2) is 0 Å². The van der Waals surface area contributed by atoms with Gasteiger partial charge in [-0.3, -0.25) is 0 Å². The summed E-state index contributed by atoms with van der Waals surface area (Å²) in [6, 6.07) is 14.8. The molecule has 4 rings (SSSR count). The minimum absolute atomic E-state index is 0.803. The normalized spacial score (nSPS) is 14.5. The molecular weight excluding hydrogens is 236 g/mol. The summed E-state index contributed by atoms with van der Waals surface area (Å²) in [6.45, 7) is 2.71. The van der Waals surface area contributed by atoms with Crippen LogP contribution in [0.1, 0.15) is 5.82 Å². The van der Waals surface area contributed by atoms with Gasteiger partial charge >= 0.3 is 0 Å². The van der Waals surface area contributed by atoms with E-state index in [1.54, 1.807) is 0 Å². The molecule has 0 fully saturated rings. The van der Waals surface area contributed by atoms with Gasteiger partial charge in [0.15, 0.2) is 5.82 Å². The van der Waals surface area contributed by atoms with Gasteiger partial charge in [0.25, 0.3) is 0 Å². The molecule has 2 aromatic carbocycles. The Labute approximate surface area is 111 Å². The first-order valence-corrected chi connectivity index (χ1v) is 6.54. The van der Waals surface area contributed by atoms with E-state index in [4.69, 9.17) is 0 Å². The molecule has 19 heavy (non-hydrogen) atoms. The largest absolute Gasteiger partial charge is 0.309 e. The summed E-state index contributed by atoms with van der Waals surface area (Å²) >= 11 is 0. The quantitative estimate of drug-likeness (QED) is 0.720. The minimum atomic E-state index is 0.803. The monoisotopic (exact) mass is 250 g/mol. The lowest BCUT2D eigenvalue weighted by Crippen LogP contribution is -2.28. The van der Waals surface area contributed by atoms with Gasteiger partial charge in [0, 0.05) is 18.7 Å². The zero-order valence-electron chi connectivity index (χ0n) is 10.5. The Balaban J connectivity index is 1.98. The van der Waals surface area contributed by atoms with E-state index >= 15 is 0 Å². The summed E-state index contributed by atoms with van der Waals surface area (Å²) in [5.74, 6) is 2.00. The first kappa shape index (κ1) is 10.7. The fourth-order valence-corrected chi connectivity index (χ4v) is 2.71. The smallest absolute Gasteiger partial charge is 0.164 e. The molecule has 1 aromatic heterocycles. The van der Waals surface area contributed by atoms with Crippen molar-refractivity contribution >= 4 is 10.8 Å². The summed E-state index contributed by atoms with van der Waals surface area (Å²) < 4.78 is 2.22. The first-order chi connectivity index (χ1) is 9.43. The highest BCUT2D eigenvalue weighted by molar-refractivity contribution is 5.95. The van der Waals surface area contributed by atoms with Crippen LogP contribution in [0.15, 0.2) is 42.5 Å². The van der Waals surface area contributed by atoms with Gasteiger partial charge in [-0.1, -0.05) is 42.5 Å². The Morgan fingerprint density at radius 3 is 2.89 bits per heavy atom. The van der Waals surface area contributed by atoms with Crippen LogP contribution in [0.25, 0.3) is 22.2 Å². The minimum Gasteiger partial charge on any atom is -0.309 e. The van der Waals surface area contributed by atoms with Crippen LogP contribution in [0, 0.1) is 0 Å². The number of fused-ring (bicyclic) bond motifs is 2. The van der Waals surface area contributed by atoms with Crippen molar-refractivity contribution in [2.75, 3.05) is 6.54 Å². The van der Waals surface area contributed by atoms with Crippen molar-refractivity contribution in [3.8, 4) is 11.4 Å². The third kappa shape index (κ3) is 1.64.